The Morgan fingerprint density at radius 2 is 2.16 bits per heavy atom. The summed E-state index contributed by atoms with van der Waals surface area (Å²) >= 11 is 1.61. The minimum atomic E-state index is -0.0875. The predicted octanol–water partition coefficient (Wildman–Crippen LogP) is 3.04. The van der Waals surface area contributed by atoms with E-state index in [1.807, 2.05) is 54.6 Å². The number of hydrogen-bond acceptors (Lipinski definition) is 8. The van der Waals surface area contributed by atoms with E-state index in [-0.39, 0.29) is 17.9 Å². The van der Waals surface area contributed by atoms with Gasteiger partial charge in [0, 0.05) is 28.4 Å². The summed E-state index contributed by atoms with van der Waals surface area (Å²) in [6, 6.07) is 9.80. The molecule has 0 saturated heterocycles. The molecular formula is C22H26N8OS+. The maximum atomic E-state index is 12.5. The molecule has 3 heterocycles. The molecule has 1 radical (unpaired) electrons. The number of nitrogens with one attached hydrogen (secondary N) is 3. The van der Waals surface area contributed by atoms with Crippen LogP contribution in [0.25, 0.3) is 0 Å². The van der Waals surface area contributed by atoms with Gasteiger partial charge in [-0.2, -0.15) is 10.1 Å². The van der Waals surface area contributed by atoms with Crippen LogP contribution < -0.4 is 21.3 Å². The van der Waals surface area contributed by atoms with Crippen molar-refractivity contribution < 1.29 is 4.79 Å². The summed E-state index contributed by atoms with van der Waals surface area (Å²) < 4.78 is 2.12. The summed E-state index contributed by atoms with van der Waals surface area (Å²) in [4.78, 5) is 20.0. The first-order valence-corrected chi connectivity index (χ1v) is 11.5. The Balaban J connectivity index is 1.25. The number of nitrogens with zero attached hydrogens (tertiary/aromatic N) is 4. The molecule has 10 heteroatoms. The maximum Gasteiger partial charge on any atom is 0.285 e. The summed E-state index contributed by atoms with van der Waals surface area (Å²) in [5.41, 5.74) is 7.84. The number of hydrogen-bond donors (Lipinski definition) is 4. The number of fused-ring (bicyclic) bond motifs is 1. The Morgan fingerprint density at radius 1 is 1.31 bits per heavy atom. The number of amides is 1. The number of benzene rings is 1. The van der Waals surface area contributed by atoms with Crippen molar-refractivity contribution in [2.45, 2.75) is 37.1 Å². The molecule has 0 bridgehead atoms. The molecule has 5 N–H and O–H groups in total. The lowest BCUT2D eigenvalue weighted by molar-refractivity contribution is -0.120. The lowest BCUT2D eigenvalue weighted by atomic mass is 10.0. The van der Waals surface area contributed by atoms with E-state index in [9.17, 15) is 4.79 Å². The minimum Gasteiger partial charge on any atom is -0.327 e. The van der Waals surface area contributed by atoms with Gasteiger partial charge in [-0.15, -0.1) is 0 Å². The Labute approximate surface area is 191 Å². The van der Waals surface area contributed by atoms with Crippen molar-refractivity contribution >= 4 is 35.2 Å². The highest BCUT2D eigenvalue weighted by Crippen LogP contribution is 2.30. The molecule has 1 fully saturated rings. The van der Waals surface area contributed by atoms with E-state index in [1.165, 1.54) is 0 Å². The molecule has 2 atom stereocenters. The predicted molar refractivity (Wildman–Crippen MR) is 127 cm³/mol. The SMILES string of the molecule is Cc1cc(NC2=CN(Sc3ccc(NC(=O)C4CCCC4N)cc3)CC3=NC=C[N+]23)n[nH]1. The second-order valence-electron chi connectivity index (χ2n) is 8.17. The van der Waals surface area contributed by atoms with Crippen LogP contribution in [0.1, 0.15) is 25.0 Å². The molecule has 1 aliphatic carbocycles. The number of aryl methyl sites for hydroxylation is 1. The van der Waals surface area contributed by atoms with Crippen molar-refractivity contribution in [3.05, 3.63) is 60.4 Å². The largest absolute Gasteiger partial charge is 0.327 e. The van der Waals surface area contributed by atoms with Gasteiger partial charge in [-0.05, 0) is 60.9 Å². The molecular weight excluding hydrogens is 424 g/mol. The van der Waals surface area contributed by atoms with E-state index >= 15 is 0 Å². The third-order valence-electron chi connectivity index (χ3n) is 5.75. The highest BCUT2D eigenvalue weighted by Gasteiger charge is 2.37. The Bertz CT molecular complexity index is 1090. The summed E-state index contributed by atoms with van der Waals surface area (Å²) in [5, 5.41) is 13.6. The number of carbonyl (C=O) groups excluding carboxylic acids is 1. The Hall–Kier alpha value is -3.08. The fourth-order valence-corrected chi connectivity index (χ4v) is 4.96. The fourth-order valence-electron chi connectivity index (χ4n) is 4.10. The Kier molecular flexibility index (Phi) is 5.73. The average molecular weight is 451 g/mol. The number of anilines is 2. The number of aromatic nitrogens is 2. The number of amidine groups is 1. The van der Waals surface area contributed by atoms with Crippen molar-refractivity contribution in [2.24, 2.45) is 16.6 Å². The molecule has 2 aliphatic heterocycles. The molecule has 1 aromatic carbocycles. The molecule has 0 spiro atoms. The van der Waals surface area contributed by atoms with Crippen LogP contribution in [0.5, 0.6) is 0 Å². The van der Waals surface area contributed by atoms with Crippen molar-refractivity contribution in [3.8, 4) is 0 Å². The zero-order valence-corrected chi connectivity index (χ0v) is 18.6. The van der Waals surface area contributed by atoms with E-state index in [4.69, 9.17) is 5.73 Å². The smallest absolute Gasteiger partial charge is 0.285 e. The first kappa shape index (κ1) is 20.8. The van der Waals surface area contributed by atoms with Crippen LogP contribution in [0.3, 0.4) is 0 Å². The highest BCUT2D eigenvalue weighted by atomic mass is 32.2. The van der Waals surface area contributed by atoms with E-state index < -0.39 is 0 Å². The summed E-state index contributed by atoms with van der Waals surface area (Å²) in [5.74, 6) is 2.49. The number of carbonyl (C=O) groups is 1. The van der Waals surface area contributed by atoms with Gasteiger partial charge >= 0.3 is 0 Å². The summed E-state index contributed by atoms with van der Waals surface area (Å²) in [6.07, 6.45) is 8.58. The average Bonchev–Trinajstić information content (AvgIpc) is 3.51. The van der Waals surface area contributed by atoms with E-state index in [1.54, 1.807) is 18.1 Å². The second-order valence-corrected chi connectivity index (χ2v) is 9.29. The molecule has 2 aromatic rings. The van der Waals surface area contributed by atoms with Crippen molar-refractivity contribution in [1.82, 2.24) is 19.4 Å². The molecule has 1 amide bonds. The first-order chi connectivity index (χ1) is 15.5. The van der Waals surface area contributed by atoms with Gasteiger partial charge in [0.2, 0.25) is 5.91 Å². The van der Waals surface area contributed by atoms with E-state index in [0.29, 0.717) is 6.54 Å². The van der Waals surface area contributed by atoms with Crippen LogP contribution in [-0.4, -0.2) is 38.8 Å². The lowest BCUT2D eigenvalue weighted by Crippen LogP contribution is -2.42. The van der Waals surface area contributed by atoms with Crippen LogP contribution in [0, 0.1) is 12.8 Å². The van der Waals surface area contributed by atoms with Crippen molar-refractivity contribution in [1.29, 1.82) is 0 Å². The standard InChI is InChI=1S/C22H26N8OS/c1-14-11-19(28-27-14)26-21-13-29(12-20-24-9-10-30(20)21)32-16-7-5-15(6-8-16)25-22(31)17-3-2-4-18(17)23/h5-11,13,17-18H,2-4,12,23H2,1H3,(H,25,31)(H2,26,27,28)/q+1. The van der Waals surface area contributed by atoms with Gasteiger partial charge in [0.25, 0.3) is 11.7 Å². The molecule has 165 valence electrons. The molecule has 5 rings (SSSR count). The third-order valence-corrected chi connectivity index (χ3v) is 6.71. The van der Waals surface area contributed by atoms with E-state index in [2.05, 4.69) is 30.1 Å². The second kappa shape index (κ2) is 8.81. The summed E-state index contributed by atoms with van der Waals surface area (Å²) in [6.45, 7) is 2.63. The van der Waals surface area contributed by atoms with Gasteiger partial charge in [-0.3, -0.25) is 19.5 Å². The van der Waals surface area contributed by atoms with Crippen LogP contribution in [-0.2, 0) is 4.79 Å². The van der Waals surface area contributed by atoms with E-state index in [0.717, 1.165) is 53.0 Å². The first-order valence-electron chi connectivity index (χ1n) is 10.7. The number of aliphatic imine (C=N–C) groups is 1. The van der Waals surface area contributed by atoms with Gasteiger partial charge in [0.15, 0.2) is 12.0 Å². The number of H-pyrrole nitrogens is 1. The van der Waals surface area contributed by atoms with Crippen LogP contribution in [0.2, 0.25) is 0 Å². The summed E-state index contributed by atoms with van der Waals surface area (Å²) in [7, 11) is 0. The van der Waals surface area contributed by atoms with Gasteiger partial charge in [0.05, 0.1) is 18.3 Å². The van der Waals surface area contributed by atoms with Crippen molar-refractivity contribution in [2.75, 3.05) is 17.2 Å². The topological polar surface area (TPSA) is 117 Å². The fraction of sp³-hybridized carbons (Fsp3) is 0.318. The quantitative estimate of drug-likeness (QED) is 0.397. The molecule has 3 aliphatic rings. The highest BCUT2D eigenvalue weighted by molar-refractivity contribution is 7.97. The zero-order chi connectivity index (χ0) is 22.1. The monoisotopic (exact) mass is 450 g/mol. The Morgan fingerprint density at radius 3 is 2.88 bits per heavy atom. The number of nitrogens with two attached hydrogens (primary N) is 1. The van der Waals surface area contributed by atoms with Crippen molar-refractivity contribution in [3.63, 3.8) is 0 Å². The minimum absolute atomic E-state index is 0.0190. The lowest BCUT2D eigenvalue weighted by Gasteiger charge is -2.24. The third kappa shape index (κ3) is 4.43. The number of aromatic amines is 1. The van der Waals surface area contributed by atoms with Gasteiger partial charge in [0.1, 0.15) is 6.54 Å². The van der Waals surface area contributed by atoms with Gasteiger partial charge in [-0.1, -0.05) is 6.42 Å². The normalized spacial score (nSPS) is 22.5. The van der Waals surface area contributed by atoms with Crippen LogP contribution in [0.4, 0.5) is 11.5 Å². The molecule has 2 unspecified atom stereocenters. The number of rotatable bonds is 6. The maximum absolute atomic E-state index is 12.5. The van der Waals surface area contributed by atoms with Crippen LogP contribution >= 0.6 is 11.9 Å². The molecule has 1 aromatic heterocycles. The van der Waals surface area contributed by atoms with Gasteiger partial charge < -0.3 is 11.1 Å². The van der Waals surface area contributed by atoms with Gasteiger partial charge in [-0.25, -0.2) is 0 Å². The molecule has 1 saturated carbocycles. The molecule has 32 heavy (non-hydrogen) atoms. The molecule has 9 nitrogen and oxygen atoms in total. The van der Waals surface area contributed by atoms with Crippen LogP contribution in [0.15, 0.2) is 64.6 Å². The zero-order valence-electron chi connectivity index (χ0n) is 17.8.